The van der Waals surface area contributed by atoms with Gasteiger partial charge in [-0.05, 0) is 18.2 Å². The Bertz CT molecular complexity index is 1030. The Kier molecular flexibility index (Phi) is 2.68. The highest BCUT2D eigenvalue weighted by atomic mass is 19.4. The van der Waals surface area contributed by atoms with Crippen LogP contribution in [0.25, 0.3) is 28.1 Å². The van der Waals surface area contributed by atoms with Crippen LogP contribution in [0.4, 0.5) is 13.2 Å². The van der Waals surface area contributed by atoms with Crippen LogP contribution in [0.2, 0.25) is 0 Å². The van der Waals surface area contributed by atoms with Gasteiger partial charge in [0.15, 0.2) is 5.65 Å². The van der Waals surface area contributed by atoms with Crippen molar-refractivity contribution in [3.05, 3.63) is 42.4 Å². The monoisotopic (exact) mass is 318 g/mol. The van der Waals surface area contributed by atoms with Gasteiger partial charge in [0.25, 0.3) is 0 Å². The van der Waals surface area contributed by atoms with E-state index in [1.165, 1.54) is 17.9 Å². The van der Waals surface area contributed by atoms with Gasteiger partial charge in [-0.25, -0.2) is 14.5 Å². The van der Waals surface area contributed by atoms with Crippen LogP contribution >= 0.6 is 0 Å². The minimum absolute atomic E-state index is 0.0626. The van der Waals surface area contributed by atoms with E-state index in [1.54, 1.807) is 0 Å². The van der Waals surface area contributed by atoms with E-state index in [1.807, 2.05) is 24.3 Å². The van der Waals surface area contributed by atoms with Crippen molar-refractivity contribution in [2.24, 2.45) is 7.05 Å². The molecule has 0 radical (unpaired) electrons. The lowest BCUT2D eigenvalue weighted by Gasteiger charge is -2.04. The number of rotatable bonds is 1. The zero-order valence-electron chi connectivity index (χ0n) is 11.8. The quantitative estimate of drug-likeness (QED) is 0.541. The first kappa shape index (κ1) is 13.7. The number of aryl methyl sites for hydroxylation is 1. The molecule has 0 N–H and O–H groups in total. The maximum atomic E-state index is 12.9. The number of hydrogen-bond acceptors (Lipinski definition) is 4. The SMILES string of the molecule is Cn1nc(-c2nc3c4ccccc4ncn3n2)cc1C(F)(F)F. The highest BCUT2D eigenvalue weighted by Gasteiger charge is 2.35. The van der Waals surface area contributed by atoms with E-state index in [4.69, 9.17) is 0 Å². The number of hydrogen-bond donors (Lipinski definition) is 0. The molecule has 6 nitrogen and oxygen atoms in total. The molecule has 0 saturated heterocycles. The fraction of sp³-hybridized carbons (Fsp3) is 0.143. The molecule has 23 heavy (non-hydrogen) atoms. The Balaban J connectivity index is 1.92. The molecule has 9 heteroatoms. The largest absolute Gasteiger partial charge is 0.433 e. The lowest BCUT2D eigenvalue weighted by Crippen LogP contribution is -2.11. The number of alkyl halides is 3. The molecule has 116 valence electrons. The predicted molar refractivity (Wildman–Crippen MR) is 75.5 cm³/mol. The van der Waals surface area contributed by atoms with E-state index in [0.717, 1.165) is 21.7 Å². The van der Waals surface area contributed by atoms with E-state index in [2.05, 4.69) is 20.2 Å². The standard InChI is InChI=1S/C14H9F3N6/c1-22-11(14(15,16)17)6-10(20-22)12-19-13-8-4-2-3-5-9(8)18-7-23(13)21-12/h2-7H,1H3. The second kappa shape index (κ2) is 4.51. The first-order chi connectivity index (χ1) is 10.9. The molecule has 0 aliphatic heterocycles. The maximum absolute atomic E-state index is 12.9. The first-order valence-corrected chi connectivity index (χ1v) is 6.65. The van der Waals surface area contributed by atoms with Gasteiger partial charge in [-0.15, -0.1) is 5.10 Å². The van der Waals surface area contributed by atoms with Gasteiger partial charge >= 0.3 is 6.18 Å². The summed E-state index contributed by atoms with van der Waals surface area (Å²) in [6.07, 6.45) is -3.00. The Labute approximate surface area is 127 Å². The third-order valence-corrected chi connectivity index (χ3v) is 3.48. The number of benzene rings is 1. The fourth-order valence-electron chi connectivity index (χ4n) is 2.43. The van der Waals surface area contributed by atoms with Crippen LogP contribution in [0.15, 0.2) is 36.7 Å². The molecule has 3 aromatic heterocycles. The van der Waals surface area contributed by atoms with Crippen LogP contribution in [-0.4, -0.2) is 29.4 Å². The van der Waals surface area contributed by atoms with Gasteiger partial charge in [0.1, 0.15) is 17.7 Å². The second-order valence-corrected chi connectivity index (χ2v) is 5.00. The lowest BCUT2D eigenvalue weighted by atomic mass is 10.2. The molecular weight excluding hydrogens is 309 g/mol. The summed E-state index contributed by atoms with van der Waals surface area (Å²) in [4.78, 5) is 8.55. The minimum Gasteiger partial charge on any atom is -0.263 e. The molecule has 0 fully saturated rings. The number of nitrogens with zero attached hydrogens (tertiary/aromatic N) is 6. The van der Waals surface area contributed by atoms with Gasteiger partial charge < -0.3 is 0 Å². The summed E-state index contributed by atoms with van der Waals surface area (Å²) in [6.45, 7) is 0. The number of aromatic nitrogens is 6. The second-order valence-electron chi connectivity index (χ2n) is 5.00. The summed E-state index contributed by atoms with van der Waals surface area (Å²) in [7, 11) is 1.24. The average molecular weight is 318 g/mol. The molecule has 3 heterocycles. The van der Waals surface area contributed by atoms with E-state index >= 15 is 0 Å². The van der Waals surface area contributed by atoms with Gasteiger partial charge in [0.2, 0.25) is 5.82 Å². The van der Waals surface area contributed by atoms with Gasteiger partial charge in [-0.1, -0.05) is 12.1 Å². The Hall–Kier alpha value is -2.97. The molecule has 1 aromatic carbocycles. The van der Waals surface area contributed by atoms with Gasteiger partial charge in [-0.3, -0.25) is 4.68 Å². The number of para-hydroxylation sites is 1. The molecule has 4 aromatic rings. The maximum Gasteiger partial charge on any atom is 0.433 e. The Morgan fingerprint density at radius 3 is 2.61 bits per heavy atom. The zero-order valence-corrected chi connectivity index (χ0v) is 11.8. The van der Waals surface area contributed by atoms with Crippen LogP contribution in [0.3, 0.4) is 0 Å². The summed E-state index contributed by atoms with van der Waals surface area (Å²) in [5.41, 5.74) is 0.461. The molecule has 0 spiro atoms. The molecule has 4 rings (SSSR count). The number of fused-ring (bicyclic) bond motifs is 3. The molecule has 0 saturated carbocycles. The summed E-state index contributed by atoms with van der Waals surface area (Å²) >= 11 is 0. The van der Waals surface area contributed by atoms with Crippen LogP contribution in [0, 0.1) is 0 Å². The summed E-state index contributed by atoms with van der Waals surface area (Å²) < 4.78 is 40.8. The van der Waals surface area contributed by atoms with E-state index < -0.39 is 11.9 Å². The first-order valence-electron chi connectivity index (χ1n) is 6.65. The molecule has 0 amide bonds. The topological polar surface area (TPSA) is 60.9 Å². The van der Waals surface area contributed by atoms with E-state index in [-0.39, 0.29) is 11.5 Å². The van der Waals surface area contributed by atoms with Crippen LogP contribution < -0.4 is 0 Å². The highest BCUT2D eigenvalue weighted by Crippen LogP contribution is 2.31. The highest BCUT2D eigenvalue weighted by molar-refractivity contribution is 5.91. The lowest BCUT2D eigenvalue weighted by molar-refractivity contribution is -0.143. The van der Waals surface area contributed by atoms with Crippen LogP contribution in [-0.2, 0) is 13.2 Å². The fourth-order valence-corrected chi connectivity index (χ4v) is 2.43. The zero-order chi connectivity index (χ0) is 16.2. The normalized spacial score (nSPS) is 12.3. The van der Waals surface area contributed by atoms with Crippen LogP contribution in [0.5, 0.6) is 0 Å². The van der Waals surface area contributed by atoms with Crippen molar-refractivity contribution >= 4 is 16.6 Å². The number of halogens is 3. The van der Waals surface area contributed by atoms with Crippen molar-refractivity contribution in [1.82, 2.24) is 29.4 Å². The summed E-state index contributed by atoms with van der Waals surface area (Å²) in [5, 5.41) is 8.79. The van der Waals surface area contributed by atoms with Crippen molar-refractivity contribution in [1.29, 1.82) is 0 Å². The van der Waals surface area contributed by atoms with E-state index in [9.17, 15) is 13.2 Å². The molecule has 0 aliphatic rings. The van der Waals surface area contributed by atoms with Crippen LogP contribution in [0.1, 0.15) is 5.69 Å². The molecule has 0 unspecified atom stereocenters. The van der Waals surface area contributed by atoms with Crippen molar-refractivity contribution in [2.75, 3.05) is 0 Å². The van der Waals surface area contributed by atoms with Crippen molar-refractivity contribution < 1.29 is 13.2 Å². The Morgan fingerprint density at radius 1 is 1.09 bits per heavy atom. The van der Waals surface area contributed by atoms with Gasteiger partial charge in [-0.2, -0.15) is 18.3 Å². The molecular formula is C14H9F3N6. The molecule has 0 atom stereocenters. The third-order valence-electron chi connectivity index (χ3n) is 3.48. The smallest absolute Gasteiger partial charge is 0.263 e. The van der Waals surface area contributed by atoms with Crippen molar-refractivity contribution in [3.8, 4) is 11.5 Å². The van der Waals surface area contributed by atoms with Gasteiger partial charge in [0, 0.05) is 12.4 Å². The van der Waals surface area contributed by atoms with Gasteiger partial charge in [0.05, 0.1) is 5.52 Å². The molecule has 0 bridgehead atoms. The predicted octanol–water partition coefficient (Wildman–Crippen LogP) is 2.70. The minimum atomic E-state index is -4.48. The molecule has 0 aliphatic carbocycles. The van der Waals surface area contributed by atoms with Crippen molar-refractivity contribution in [2.45, 2.75) is 6.18 Å². The van der Waals surface area contributed by atoms with Crippen molar-refractivity contribution in [3.63, 3.8) is 0 Å². The third kappa shape index (κ3) is 2.12. The Morgan fingerprint density at radius 2 is 1.87 bits per heavy atom. The average Bonchev–Trinajstić information content (AvgIpc) is 3.10. The van der Waals surface area contributed by atoms with E-state index in [0.29, 0.717) is 5.65 Å². The summed E-state index contributed by atoms with van der Waals surface area (Å²) in [5.74, 6) is 0.120. The summed E-state index contributed by atoms with van der Waals surface area (Å²) in [6, 6.07) is 8.27.